The van der Waals surface area contributed by atoms with Crippen LogP contribution < -0.4 is 5.32 Å². The summed E-state index contributed by atoms with van der Waals surface area (Å²) >= 11 is 0. The predicted molar refractivity (Wildman–Crippen MR) is 113 cm³/mol. The average molecular weight is 405 g/mol. The van der Waals surface area contributed by atoms with Gasteiger partial charge in [0.15, 0.2) is 0 Å². The van der Waals surface area contributed by atoms with E-state index < -0.39 is 12.1 Å². The van der Waals surface area contributed by atoms with E-state index in [1.165, 1.54) is 6.07 Å². The molecule has 5 nitrogen and oxygen atoms in total. The SMILES string of the molecule is CC(c1ccccc1F)N1CCCC(NC(=O)c2ccc(-c3ccccc3)[nH]2)C1=O. The van der Waals surface area contributed by atoms with Gasteiger partial charge in [-0.2, -0.15) is 0 Å². The zero-order valence-corrected chi connectivity index (χ0v) is 16.8. The highest BCUT2D eigenvalue weighted by Gasteiger charge is 2.34. The lowest BCUT2D eigenvalue weighted by Crippen LogP contribution is -2.52. The van der Waals surface area contributed by atoms with Gasteiger partial charge < -0.3 is 15.2 Å². The van der Waals surface area contributed by atoms with Gasteiger partial charge in [-0.3, -0.25) is 9.59 Å². The Morgan fingerprint density at radius 1 is 1.10 bits per heavy atom. The number of rotatable bonds is 5. The molecular formula is C24H24FN3O2. The Morgan fingerprint density at radius 2 is 1.83 bits per heavy atom. The summed E-state index contributed by atoms with van der Waals surface area (Å²) in [4.78, 5) is 30.5. The normalized spacial score (nSPS) is 17.6. The fourth-order valence-corrected chi connectivity index (χ4v) is 3.95. The monoisotopic (exact) mass is 405 g/mol. The maximum absolute atomic E-state index is 14.2. The number of aromatic amines is 1. The van der Waals surface area contributed by atoms with E-state index in [0.717, 1.165) is 17.7 Å². The first kappa shape index (κ1) is 19.9. The summed E-state index contributed by atoms with van der Waals surface area (Å²) in [6, 6.07) is 18.7. The number of benzene rings is 2. The summed E-state index contributed by atoms with van der Waals surface area (Å²) < 4.78 is 14.2. The molecule has 2 unspecified atom stereocenters. The maximum atomic E-state index is 14.2. The van der Waals surface area contributed by atoms with Gasteiger partial charge in [0.1, 0.15) is 17.6 Å². The van der Waals surface area contributed by atoms with Crippen molar-refractivity contribution in [3.05, 3.63) is 83.8 Å². The minimum absolute atomic E-state index is 0.180. The minimum Gasteiger partial charge on any atom is -0.351 e. The van der Waals surface area contributed by atoms with Crippen molar-refractivity contribution in [2.45, 2.75) is 31.8 Å². The fourth-order valence-electron chi connectivity index (χ4n) is 3.95. The lowest BCUT2D eigenvalue weighted by atomic mass is 9.99. The van der Waals surface area contributed by atoms with Crippen molar-refractivity contribution in [3.8, 4) is 11.3 Å². The Balaban J connectivity index is 1.46. The molecule has 0 bridgehead atoms. The highest BCUT2D eigenvalue weighted by molar-refractivity contribution is 5.97. The van der Waals surface area contributed by atoms with Crippen LogP contribution in [-0.2, 0) is 4.79 Å². The van der Waals surface area contributed by atoms with E-state index in [0.29, 0.717) is 24.2 Å². The lowest BCUT2D eigenvalue weighted by Gasteiger charge is -2.37. The Kier molecular flexibility index (Phi) is 5.65. The van der Waals surface area contributed by atoms with Gasteiger partial charge in [0, 0.05) is 17.8 Å². The molecule has 1 fully saturated rings. The van der Waals surface area contributed by atoms with Crippen molar-refractivity contribution in [2.75, 3.05) is 6.54 Å². The average Bonchev–Trinajstić information content (AvgIpc) is 3.26. The number of carbonyl (C=O) groups is 2. The van der Waals surface area contributed by atoms with E-state index >= 15 is 0 Å². The van der Waals surface area contributed by atoms with Crippen molar-refractivity contribution in [1.29, 1.82) is 0 Å². The second-order valence-corrected chi connectivity index (χ2v) is 7.55. The Bertz CT molecular complexity index is 1050. The number of H-pyrrole nitrogens is 1. The molecule has 2 amide bonds. The molecule has 6 heteroatoms. The fraction of sp³-hybridized carbons (Fsp3) is 0.250. The Hall–Kier alpha value is -3.41. The van der Waals surface area contributed by atoms with Crippen LogP contribution >= 0.6 is 0 Å². The molecule has 0 aliphatic carbocycles. The Labute approximate surface area is 174 Å². The molecular weight excluding hydrogens is 381 g/mol. The number of aromatic nitrogens is 1. The van der Waals surface area contributed by atoms with Crippen LogP contribution in [0.3, 0.4) is 0 Å². The summed E-state index contributed by atoms with van der Waals surface area (Å²) in [5, 5.41) is 2.85. The third kappa shape index (κ3) is 3.99. The summed E-state index contributed by atoms with van der Waals surface area (Å²) in [6.45, 7) is 2.36. The first-order valence-electron chi connectivity index (χ1n) is 10.1. The third-order valence-corrected chi connectivity index (χ3v) is 5.62. The van der Waals surface area contributed by atoms with E-state index in [1.807, 2.05) is 43.3 Å². The number of halogens is 1. The third-order valence-electron chi connectivity index (χ3n) is 5.62. The zero-order chi connectivity index (χ0) is 21.1. The standard InChI is InChI=1S/C24H24FN3O2/c1-16(18-10-5-6-11-19(18)25)28-15-7-12-22(24(28)30)27-23(29)21-14-13-20(26-21)17-8-3-2-4-9-17/h2-6,8-11,13-14,16,22,26H,7,12,15H2,1H3,(H,27,29). The molecule has 2 aromatic carbocycles. The first-order valence-corrected chi connectivity index (χ1v) is 10.1. The molecule has 154 valence electrons. The van der Waals surface area contributed by atoms with Gasteiger partial charge in [0.2, 0.25) is 5.91 Å². The van der Waals surface area contributed by atoms with Crippen LogP contribution in [0.15, 0.2) is 66.7 Å². The second-order valence-electron chi connectivity index (χ2n) is 7.55. The van der Waals surface area contributed by atoms with Crippen LogP contribution in [0.5, 0.6) is 0 Å². The number of carbonyl (C=O) groups excluding carboxylic acids is 2. The number of hydrogen-bond acceptors (Lipinski definition) is 2. The van der Waals surface area contributed by atoms with Gasteiger partial charge >= 0.3 is 0 Å². The smallest absolute Gasteiger partial charge is 0.268 e. The van der Waals surface area contributed by atoms with Crippen LogP contribution in [0.25, 0.3) is 11.3 Å². The second kappa shape index (κ2) is 8.53. The molecule has 2 atom stereocenters. The van der Waals surface area contributed by atoms with Gasteiger partial charge in [-0.15, -0.1) is 0 Å². The molecule has 4 rings (SSSR count). The van der Waals surface area contributed by atoms with Crippen molar-refractivity contribution in [1.82, 2.24) is 15.2 Å². The highest BCUT2D eigenvalue weighted by Crippen LogP contribution is 2.27. The number of piperidine rings is 1. The van der Waals surface area contributed by atoms with Crippen molar-refractivity contribution in [2.24, 2.45) is 0 Å². The number of likely N-dealkylation sites (tertiary alicyclic amines) is 1. The Morgan fingerprint density at radius 3 is 2.60 bits per heavy atom. The molecule has 1 saturated heterocycles. The first-order chi connectivity index (χ1) is 14.5. The minimum atomic E-state index is -0.621. The molecule has 2 heterocycles. The number of nitrogens with one attached hydrogen (secondary N) is 2. The quantitative estimate of drug-likeness (QED) is 0.665. The van der Waals surface area contributed by atoms with Crippen LogP contribution in [0.4, 0.5) is 4.39 Å². The number of nitrogens with zero attached hydrogens (tertiary/aromatic N) is 1. The number of hydrogen-bond donors (Lipinski definition) is 2. The van der Waals surface area contributed by atoms with Crippen molar-refractivity contribution < 1.29 is 14.0 Å². The molecule has 0 spiro atoms. The van der Waals surface area contributed by atoms with Gasteiger partial charge in [-0.25, -0.2) is 4.39 Å². The number of amides is 2. The van der Waals surface area contributed by atoms with Gasteiger partial charge in [-0.1, -0.05) is 48.5 Å². The molecule has 1 aliphatic rings. The van der Waals surface area contributed by atoms with Crippen molar-refractivity contribution >= 4 is 11.8 Å². The molecule has 0 saturated carbocycles. The summed E-state index contributed by atoms with van der Waals surface area (Å²) in [7, 11) is 0. The van der Waals surface area contributed by atoms with E-state index in [-0.39, 0.29) is 17.6 Å². The zero-order valence-electron chi connectivity index (χ0n) is 16.8. The molecule has 0 radical (unpaired) electrons. The summed E-state index contributed by atoms with van der Waals surface area (Å²) in [5.74, 6) is -0.833. The molecule has 2 N–H and O–H groups in total. The molecule has 30 heavy (non-hydrogen) atoms. The van der Waals surface area contributed by atoms with Crippen molar-refractivity contribution in [3.63, 3.8) is 0 Å². The summed E-state index contributed by atoms with van der Waals surface area (Å²) in [5.41, 5.74) is 2.70. The maximum Gasteiger partial charge on any atom is 0.268 e. The van der Waals surface area contributed by atoms with Crippen LogP contribution in [0, 0.1) is 5.82 Å². The van der Waals surface area contributed by atoms with Crippen LogP contribution in [0.1, 0.15) is 41.9 Å². The van der Waals surface area contributed by atoms with Gasteiger partial charge in [0.25, 0.3) is 5.91 Å². The van der Waals surface area contributed by atoms with E-state index in [2.05, 4.69) is 10.3 Å². The predicted octanol–water partition coefficient (Wildman–Crippen LogP) is 4.30. The van der Waals surface area contributed by atoms with E-state index in [9.17, 15) is 14.0 Å². The highest BCUT2D eigenvalue weighted by atomic mass is 19.1. The van der Waals surface area contributed by atoms with E-state index in [4.69, 9.17) is 0 Å². The molecule has 1 aromatic heterocycles. The van der Waals surface area contributed by atoms with E-state index in [1.54, 1.807) is 29.2 Å². The molecule has 1 aliphatic heterocycles. The summed E-state index contributed by atoms with van der Waals surface area (Å²) in [6.07, 6.45) is 1.31. The van der Waals surface area contributed by atoms with Crippen LogP contribution in [0.2, 0.25) is 0 Å². The largest absolute Gasteiger partial charge is 0.351 e. The topological polar surface area (TPSA) is 65.2 Å². The van der Waals surface area contributed by atoms with Gasteiger partial charge in [0.05, 0.1) is 6.04 Å². The lowest BCUT2D eigenvalue weighted by molar-refractivity contribution is -0.138. The van der Waals surface area contributed by atoms with Crippen LogP contribution in [-0.4, -0.2) is 34.3 Å². The molecule has 3 aromatic rings. The van der Waals surface area contributed by atoms with Gasteiger partial charge in [-0.05, 0) is 43.5 Å².